The average Bonchev–Trinajstić information content (AvgIpc) is 3.20. The van der Waals surface area contributed by atoms with Gasteiger partial charge in [-0.2, -0.15) is 4.31 Å². The van der Waals surface area contributed by atoms with Crippen LogP contribution in [0.25, 0.3) is 22.4 Å². The highest BCUT2D eigenvalue weighted by Gasteiger charge is 2.24. The molecule has 0 unspecified atom stereocenters. The molecule has 0 aliphatic heterocycles. The van der Waals surface area contributed by atoms with Crippen LogP contribution in [0.2, 0.25) is 0 Å². The number of carbonyl (C=O) groups is 1. The van der Waals surface area contributed by atoms with Crippen LogP contribution in [0.5, 0.6) is 0 Å². The van der Waals surface area contributed by atoms with Gasteiger partial charge in [0, 0.05) is 22.7 Å². The minimum atomic E-state index is -2.74. The Balaban J connectivity index is 1.96. The molecular weight excluding hydrogens is 565 g/mol. The maximum absolute atomic E-state index is 12.8. The number of furan rings is 1. The fourth-order valence-corrected chi connectivity index (χ4v) is 4.93. The van der Waals surface area contributed by atoms with E-state index in [-0.39, 0.29) is 12.5 Å². The third-order valence-electron chi connectivity index (χ3n) is 5.71. The molecule has 0 aliphatic carbocycles. The number of thiol groups is 1. The Morgan fingerprint density at radius 2 is 1.94 bits per heavy atom. The quantitative estimate of drug-likeness (QED) is 0.172. The molecule has 1 N–H and O–H groups in total. The van der Waals surface area contributed by atoms with Gasteiger partial charge in [-0.15, -0.1) is 0 Å². The molecule has 7 nitrogen and oxygen atoms in total. The Morgan fingerprint density at radius 1 is 1.21 bits per heavy atom. The number of fused-ring (bicyclic) bond motifs is 1. The number of hydrogen-bond donors (Lipinski definition) is 2. The molecule has 2 heterocycles. The maximum atomic E-state index is 12.8. The maximum Gasteiger partial charge on any atom is 0.255 e. The number of nitrogens with one attached hydrogen (secondary N) is 1. The largest absolute Gasteiger partial charge is 0.437 e. The van der Waals surface area contributed by atoms with Crippen LogP contribution in [-0.4, -0.2) is 37.2 Å². The summed E-state index contributed by atoms with van der Waals surface area (Å²) < 4.78 is 32.0. The molecule has 0 atom stereocenters. The van der Waals surface area contributed by atoms with Gasteiger partial charge < -0.3 is 9.73 Å². The molecular formula is C25H31IN3O4S. The van der Waals surface area contributed by atoms with Gasteiger partial charge in [0.25, 0.3) is 5.91 Å². The summed E-state index contributed by atoms with van der Waals surface area (Å²) in [5.74, 6) is 0.197. The van der Waals surface area contributed by atoms with Crippen LogP contribution in [0.15, 0.2) is 34.7 Å². The zero-order valence-corrected chi connectivity index (χ0v) is 22.8. The van der Waals surface area contributed by atoms with Gasteiger partial charge in [0.15, 0.2) is 0 Å². The smallest absolute Gasteiger partial charge is 0.255 e. The number of nitrogens with zero attached hydrogens (tertiary/aromatic N) is 2. The van der Waals surface area contributed by atoms with Crippen LogP contribution < -0.4 is 5.32 Å². The summed E-state index contributed by atoms with van der Waals surface area (Å²) >= 11 is 2.14. The molecule has 0 aliphatic rings. The Hall–Kier alpha value is -1.98. The molecule has 1 radical (unpaired) electrons. The highest BCUT2D eigenvalue weighted by atomic mass is 127. The van der Waals surface area contributed by atoms with Crippen molar-refractivity contribution in [1.29, 1.82) is 0 Å². The lowest BCUT2D eigenvalue weighted by molar-refractivity contribution is 0.0964. The Morgan fingerprint density at radius 3 is 2.56 bits per heavy atom. The van der Waals surface area contributed by atoms with E-state index in [1.165, 1.54) is 9.87 Å². The van der Waals surface area contributed by atoms with Crippen LogP contribution in [0.4, 0.5) is 0 Å². The summed E-state index contributed by atoms with van der Waals surface area (Å²) in [6.45, 7) is 4.80. The molecule has 9 heteroatoms. The van der Waals surface area contributed by atoms with Gasteiger partial charge in [0.05, 0.1) is 23.2 Å². The molecule has 0 spiro atoms. The first-order valence-electron chi connectivity index (χ1n) is 11.5. The number of amides is 1. The minimum Gasteiger partial charge on any atom is -0.437 e. The normalized spacial score (nSPS) is 11.6. The number of unbranched alkanes of at least 4 members (excludes halogenated alkanes) is 4. The number of benzene rings is 1. The van der Waals surface area contributed by atoms with Crippen molar-refractivity contribution in [2.75, 3.05) is 13.6 Å². The lowest BCUT2D eigenvalue weighted by Gasteiger charge is -2.15. The molecule has 1 amide bonds. The van der Waals surface area contributed by atoms with Crippen LogP contribution in [0.1, 0.15) is 61.1 Å². The first-order valence-corrected chi connectivity index (χ1v) is 13.7. The van der Waals surface area contributed by atoms with E-state index in [9.17, 15) is 13.2 Å². The predicted octanol–water partition coefficient (Wildman–Crippen LogP) is 5.13. The van der Waals surface area contributed by atoms with Gasteiger partial charge in [-0.25, -0.2) is 13.4 Å². The molecule has 3 rings (SSSR count). The van der Waals surface area contributed by atoms with Crippen LogP contribution >= 0.6 is 22.6 Å². The number of hydrogen-bond acceptors (Lipinski definition) is 5. The van der Waals surface area contributed by atoms with Crippen molar-refractivity contribution in [2.24, 2.45) is 0 Å². The first kappa shape index (κ1) is 26.6. The number of aryl methyl sites for hydroxylation is 1. The van der Waals surface area contributed by atoms with Gasteiger partial charge in [-0.05, 0) is 53.5 Å². The second-order valence-electron chi connectivity index (χ2n) is 8.02. The van der Waals surface area contributed by atoms with Crippen molar-refractivity contribution >= 4 is 50.5 Å². The van der Waals surface area contributed by atoms with Crippen LogP contribution in [-0.2, 0) is 23.9 Å². The second kappa shape index (κ2) is 12.6. The topological polar surface area (TPSA) is 92.5 Å². The number of pyridine rings is 1. The highest BCUT2D eigenvalue weighted by Crippen LogP contribution is 2.34. The summed E-state index contributed by atoms with van der Waals surface area (Å²) in [5.41, 5.74) is 3.34. The fraction of sp³-hybridized carbons (Fsp3) is 0.400. The van der Waals surface area contributed by atoms with E-state index in [1.807, 2.05) is 30.3 Å². The summed E-state index contributed by atoms with van der Waals surface area (Å²) in [7, 11) is -1.16. The fourth-order valence-electron chi connectivity index (χ4n) is 3.77. The zero-order chi connectivity index (χ0) is 24.7. The molecule has 0 fully saturated rings. The van der Waals surface area contributed by atoms with E-state index in [0.717, 1.165) is 41.2 Å². The molecule has 2 aromatic heterocycles. The SMILES string of the molecule is CC[CH]CCCCN(Cc1nc2oc(-c3ccc(CC)cc3)c(C(=O)NC)c2cc1I)[SH](=O)=O. The number of halogens is 1. The third kappa shape index (κ3) is 6.37. The van der Waals surface area contributed by atoms with Gasteiger partial charge in [0.1, 0.15) is 5.76 Å². The average molecular weight is 597 g/mol. The van der Waals surface area contributed by atoms with Crippen LogP contribution in [0.3, 0.4) is 0 Å². The van der Waals surface area contributed by atoms with Crippen LogP contribution in [0, 0.1) is 9.99 Å². The molecule has 0 saturated carbocycles. The van der Waals surface area contributed by atoms with E-state index < -0.39 is 10.9 Å². The highest BCUT2D eigenvalue weighted by molar-refractivity contribution is 14.1. The Bertz CT molecular complexity index is 1200. The van der Waals surface area contributed by atoms with Crippen molar-refractivity contribution in [1.82, 2.24) is 14.6 Å². The van der Waals surface area contributed by atoms with Gasteiger partial charge in [0.2, 0.25) is 16.6 Å². The molecule has 0 bridgehead atoms. The monoisotopic (exact) mass is 596 g/mol. The van der Waals surface area contributed by atoms with E-state index in [2.05, 4.69) is 53.2 Å². The molecule has 1 aromatic carbocycles. The molecule has 0 saturated heterocycles. The number of carbonyl (C=O) groups excluding carboxylic acids is 1. The van der Waals surface area contributed by atoms with E-state index in [4.69, 9.17) is 4.42 Å². The van der Waals surface area contributed by atoms with Crippen molar-refractivity contribution in [2.45, 2.75) is 52.5 Å². The van der Waals surface area contributed by atoms with E-state index >= 15 is 0 Å². The van der Waals surface area contributed by atoms with Gasteiger partial charge in [-0.1, -0.05) is 57.4 Å². The van der Waals surface area contributed by atoms with Crippen molar-refractivity contribution in [3.05, 3.63) is 57.1 Å². The lowest BCUT2D eigenvalue weighted by atomic mass is 10.0. The Kier molecular flexibility index (Phi) is 9.90. The predicted molar refractivity (Wildman–Crippen MR) is 144 cm³/mol. The molecule has 3 aromatic rings. The summed E-state index contributed by atoms with van der Waals surface area (Å²) in [5, 5.41) is 3.30. The summed E-state index contributed by atoms with van der Waals surface area (Å²) in [4.78, 5) is 17.4. The molecule has 183 valence electrons. The molecule has 34 heavy (non-hydrogen) atoms. The minimum absolute atomic E-state index is 0.168. The third-order valence-corrected chi connectivity index (χ3v) is 7.45. The van der Waals surface area contributed by atoms with E-state index in [0.29, 0.717) is 34.7 Å². The second-order valence-corrected chi connectivity index (χ2v) is 10.2. The number of aromatic nitrogens is 1. The van der Waals surface area contributed by atoms with Crippen molar-refractivity contribution < 1.29 is 17.6 Å². The van der Waals surface area contributed by atoms with Gasteiger partial charge >= 0.3 is 0 Å². The standard InChI is InChI=1S/C25H31IN3O4S/c1-4-6-7-8-9-14-29(34(31)32)16-21-20(26)15-19-22(24(30)27-3)23(33-25(19)28-21)18-12-10-17(5-2)11-13-18/h6,10-13,15,34H,4-5,7-9,14,16H2,1-3H3,(H,27,30). The van der Waals surface area contributed by atoms with Crippen molar-refractivity contribution in [3.8, 4) is 11.3 Å². The summed E-state index contributed by atoms with van der Waals surface area (Å²) in [6, 6.07) is 9.76. The van der Waals surface area contributed by atoms with Gasteiger partial charge in [-0.3, -0.25) is 4.79 Å². The lowest BCUT2D eigenvalue weighted by Crippen LogP contribution is -2.24. The summed E-state index contributed by atoms with van der Waals surface area (Å²) in [6.07, 6.45) is 6.87. The Labute approximate surface area is 216 Å². The van der Waals surface area contributed by atoms with E-state index in [1.54, 1.807) is 7.05 Å². The van der Waals surface area contributed by atoms with Crippen molar-refractivity contribution in [3.63, 3.8) is 0 Å². The first-order chi connectivity index (χ1) is 16.4. The zero-order valence-electron chi connectivity index (χ0n) is 19.8. The number of rotatable bonds is 12.